The summed E-state index contributed by atoms with van der Waals surface area (Å²) in [6.07, 6.45) is 0. The minimum atomic E-state index is -0.540. The molecule has 3 rings (SSSR count). The molecule has 0 bridgehead atoms. The highest BCUT2D eigenvalue weighted by Crippen LogP contribution is 2.33. The van der Waals surface area contributed by atoms with Crippen LogP contribution in [0.4, 0.5) is 17.1 Å². The van der Waals surface area contributed by atoms with Crippen molar-refractivity contribution in [2.45, 2.75) is 6.92 Å². The van der Waals surface area contributed by atoms with E-state index < -0.39 is 16.8 Å². The Morgan fingerprint density at radius 2 is 2.12 bits per heavy atom. The van der Waals surface area contributed by atoms with Crippen molar-refractivity contribution >= 4 is 44.9 Å². The topological polar surface area (TPSA) is 102 Å². The maximum Gasteiger partial charge on any atom is 0.331 e. The van der Waals surface area contributed by atoms with Crippen molar-refractivity contribution in [1.29, 1.82) is 0 Å². The summed E-state index contributed by atoms with van der Waals surface area (Å²) in [4.78, 5) is 36.1. The first kappa shape index (κ1) is 17.9. The molecule has 0 fully saturated rings. The van der Waals surface area contributed by atoms with Crippen LogP contribution in [0.1, 0.15) is 5.56 Å². The summed E-state index contributed by atoms with van der Waals surface area (Å²) in [6.45, 7) is 1.75. The number of nitrogens with one attached hydrogen (secondary N) is 1. The summed E-state index contributed by atoms with van der Waals surface area (Å²) in [6, 6.07) is 9.42. The van der Waals surface area contributed by atoms with Crippen molar-refractivity contribution in [1.82, 2.24) is 0 Å². The highest BCUT2D eigenvalue weighted by molar-refractivity contribution is 9.10. The van der Waals surface area contributed by atoms with Crippen LogP contribution in [-0.2, 0) is 9.59 Å². The number of fused-ring (bicyclic) bond motifs is 1. The zero-order valence-electron chi connectivity index (χ0n) is 13.7. The maximum absolute atomic E-state index is 12.4. The molecule has 26 heavy (non-hydrogen) atoms. The first-order valence-corrected chi connectivity index (χ1v) is 8.43. The first-order chi connectivity index (χ1) is 12.3. The zero-order chi connectivity index (χ0) is 18.8. The van der Waals surface area contributed by atoms with Crippen molar-refractivity contribution in [3.63, 3.8) is 0 Å². The van der Waals surface area contributed by atoms with Crippen molar-refractivity contribution in [2.75, 3.05) is 23.3 Å². The second-order valence-electron chi connectivity index (χ2n) is 5.77. The van der Waals surface area contributed by atoms with Crippen LogP contribution >= 0.6 is 15.9 Å². The van der Waals surface area contributed by atoms with Gasteiger partial charge in [0.2, 0.25) is 5.91 Å². The fraction of sp³-hybridized carbons (Fsp3) is 0.176. The molecule has 0 unspecified atom stereocenters. The van der Waals surface area contributed by atoms with E-state index >= 15 is 0 Å². The molecule has 2 aromatic carbocycles. The van der Waals surface area contributed by atoms with Gasteiger partial charge in [0.05, 0.1) is 22.8 Å². The van der Waals surface area contributed by atoms with Gasteiger partial charge in [0.25, 0.3) is 5.69 Å². The van der Waals surface area contributed by atoms with Crippen LogP contribution in [0.15, 0.2) is 40.9 Å². The largest absolute Gasteiger partial charge is 0.423 e. The highest BCUT2D eigenvalue weighted by Gasteiger charge is 2.26. The van der Waals surface area contributed by atoms with Gasteiger partial charge in [-0.1, -0.05) is 6.07 Å². The van der Waals surface area contributed by atoms with Crippen molar-refractivity contribution < 1.29 is 19.2 Å². The Labute approximate surface area is 157 Å². The number of nitro groups is 1. The van der Waals surface area contributed by atoms with Gasteiger partial charge in [-0.15, -0.1) is 0 Å². The number of carbonyl (C=O) groups is 2. The molecule has 0 aromatic heterocycles. The van der Waals surface area contributed by atoms with Gasteiger partial charge in [-0.25, -0.2) is 4.79 Å². The Balaban J connectivity index is 1.79. The molecule has 0 spiro atoms. The van der Waals surface area contributed by atoms with Crippen molar-refractivity contribution in [2.24, 2.45) is 0 Å². The molecule has 0 saturated carbocycles. The number of ether oxygens (including phenoxy) is 1. The third-order valence-electron chi connectivity index (χ3n) is 3.77. The smallest absolute Gasteiger partial charge is 0.331 e. The van der Waals surface area contributed by atoms with Gasteiger partial charge in [0.1, 0.15) is 6.54 Å². The summed E-state index contributed by atoms with van der Waals surface area (Å²) < 4.78 is 5.70. The number of halogens is 1. The zero-order valence-corrected chi connectivity index (χ0v) is 15.3. The van der Waals surface area contributed by atoms with Crippen molar-refractivity contribution in [3.8, 4) is 5.75 Å². The minimum absolute atomic E-state index is 0.0556. The quantitative estimate of drug-likeness (QED) is 0.353. The van der Waals surface area contributed by atoms with Gasteiger partial charge in [-0.3, -0.25) is 14.9 Å². The number of nitro benzene ring substituents is 1. The Bertz CT molecular complexity index is 915. The molecule has 1 aliphatic rings. The SMILES string of the molecule is Cc1ccc2c(c1)N(CC(=O)Nc1cc([N+](=O)[O-])ccc1Br)CC(=O)O2. The number of non-ortho nitro benzene ring substituents is 1. The van der Waals surface area contributed by atoms with E-state index in [1.54, 1.807) is 11.0 Å². The van der Waals surface area contributed by atoms with E-state index in [4.69, 9.17) is 4.74 Å². The van der Waals surface area contributed by atoms with Gasteiger partial charge in [0.15, 0.2) is 5.75 Å². The second kappa shape index (κ2) is 7.12. The summed E-state index contributed by atoms with van der Waals surface area (Å²) >= 11 is 3.25. The van der Waals surface area contributed by atoms with Crippen LogP contribution in [0.5, 0.6) is 5.75 Å². The molecule has 1 amide bonds. The van der Waals surface area contributed by atoms with E-state index in [1.807, 2.05) is 19.1 Å². The Hall–Kier alpha value is -2.94. The maximum atomic E-state index is 12.4. The van der Waals surface area contributed by atoms with Gasteiger partial charge in [0, 0.05) is 16.6 Å². The minimum Gasteiger partial charge on any atom is -0.423 e. The lowest BCUT2D eigenvalue weighted by atomic mass is 10.1. The predicted molar refractivity (Wildman–Crippen MR) is 98.5 cm³/mol. The fourth-order valence-corrected chi connectivity index (χ4v) is 2.93. The third kappa shape index (κ3) is 3.83. The van der Waals surface area contributed by atoms with Gasteiger partial charge in [-0.2, -0.15) is 0 Å². The lowest BCUT2D eigenvalue weighted by Crippen LogP contribution is -2.41. The average molecular weight is 420 g/mol. The number of anilines is 2. The standard InChI is InChI=1S/C17H14BrN3O5/c1-10-2-5-15-14(6-10)20(9-17(23)26-15)8-16(22)19-13-7-11(21(24)25)3-4-12(13)18/h2-7H,8-9H2,1H3,(H,19,22). The summed E-state index contributed by atoms with van der Waals surface area (Å²) in [7, 11) is 0. The Kier molecular flexibility index (Phi) is 4.90. The number of amides is 1. The molecule has 9 heteroatoms. The lowest BCUT2D eigenvalue weighted by molar-refractivity contribution is -0.384. The first-order valence-electron chi connectivity index (χ1n) is 7.63. The molecule has 0 aliphatic carbocycles. The van der Waals surface area contributed by atoms with Crippen LogP contribution in [-0.4, -0.2) is 29.9 Å². The molecule has 0 radical (unpaired) electrons. The number of hydrogen-bond donors (Lipinski definition) is 1. The molecular formula is C17H14BrN3O5. The van der Waals surface area contributed by atoms with E-state index in [0.717, 1.165) is 5.56 Å². The molecule has 134 valence electrons. The van der Waals surface area contributed by atoms with Crippen LogP contribution in [0.25, 0.3) is 0 Å². The van der Waals surface area contributed by atoms with Gasteiger partial charge < -0.3 is 15.0 Å². The number of hydrogen-bond acceptors (Lipinski definition) is 6. The van der Waals surface area contributed by atoms with E-state index in [1.165, 1.54) is 18.2 Å². The van der Waals surface area contributed by atoms with E-state index in [2.05, 4.69) is 21.2 Å². The van der Waals surface area contributed by atoms with Gasteiger partial charge >= 0.3 is 5.97 Å². The Morgan fingerprint density at radius 1 is 1.35 bits per heavy atom. The van der Waals surface area contributed by atoms with E-state index in [9.17, 15) is 19.7 Å². The predicted octanol–water partition coefficient (Wildman–Crippen LogP) is 3.03. The van der Waals surface area contributed by atoms with Crippen LogP contribution in [0, 0.1) is 17.0 Å². The fourth-order valence-electron chi connectivity index (χ4n) is 2.58. The molecular weight excluding hydrogens is 406 g/mol. The molecule has 8 nitrogen and oxygen atoms in total. The number of nitrogens with zero attached hydrogens (tertiary/aromatic N) is 2. The second-order valence-corrected chi connectivity index (χ2v) is 6.63. The molecule has 1 heterocycles. The molecule has 1 aliphatic heterocycles. The van der Waals surface area contributed by atoms with Crippen LogP contribution < -0.4 is 15.0 Å². The number of carbonyl (C=O) groups excluding carboxylic acids is 2. The summed E-state index contributed by atoms with van der Waals surface area (Å²) in [5.41, 5.74) is 1.77. The van der Waals surface area contributed by atoms with Gasteiger partial charge in [-0.05, 0) is 46.6 Å². The Morgan fingerprint density at radius 3 is 2.85 bits per heavy atom. The third-order valence-corrected chi connectivity index (χ3v) is 4.46. The number of rotatable bonds is 4. The lowest BCUT2D eigenvalue weighted by Gasteiger charge is -2.29. The molecule has 0 saturated heterocycles. The van der Waals surface area contributed by atoms with Crippen LogP contribution in [0.2, 0.25) is 0 Å². The molecule has 1 N–H and O–H groups in total. The highest BCUT2D eigenvalue weighted by atomic mass is 79.9. The summed E-state index contributed by atoms with van der Waals surface area (Å²) in [5.74, 6) is -0.463. The summed E-state index contributed by atoms with van der Waals surface area (Å²) in [5, 5.41) is 13.5. The van der Waals surface area contributed by atoms with E-state index in [-0.39, 0.29) is 24.5 Å². The molecule has 0 atom stereocenters. The van der Waals surface area contributed by atoms with Crippen molar-refractivity contribution in [3.05, 3.63) is 56.5 Å². The average Bonchev–Trinajstić information content (AvgIpc) is 2.57. The monoisotopic (exact) mass is 419 g/mol. The number of esters is 1. The van der Waals surface area contributed by atoms with Crippen LogP contribution in [0.3, 0.4) is 0 Å². The number of benzene rings is 2. The number of aryl methyl sites for hydroxylation is 1. The van der Waals surface area contributed by atoms with E-state index in [0.29, 0.717) is 15.9 Å². The normalized spacial score (nSPS) is 13.0. The molecule has 2 aromatic rings.